The summed E-state index contributed by atoms with van der Waals surface area (Å²) < 4.78 is 0. The molecule has 0 amide bonds. The van der Waals surface area contributed by atoms with Crippen LogP contribution < -0.4 is 5.32 Å². The highest BCUT2D eigenvalue weighted by molar-refractivity contribution is 7.13. The summed E-state index contributed by atoms with van der Waals surface area (Å²) >= 11 is 1.54. The van der Waals surface area contributed by atoms with Crippen molar-refractivity contribution in [3.8, 4) is 0 Å². The molecular formula is C10H20N4S. The maximum Gasteiger partial charge on any atom is 0.205 e. The monoisotopic (exact) mass is 228 g/mol. The van der Waals surface area contributed by atoms with Crippen LogP contribution in [0.5, 0.6) is 0 Å². The molecular weight excluding hydrogens is 208 g/mol. The van der Waals surface area contributed by atoms with Gasteiger partial charge < -0.3 is 5.32 Å². The molecule has 1 heterocycles. The number of nitrogens with zero attached hydrogens (tertiary/aromatic N) is 3. The van der Waals surface area contributed by atoms with Crippen LogP contribution in [0.3, 0.4) is 0 Å². The fraction of sp³-hybridized carbons (Fsp3) is 0.800. The Bertz CT molecular complexity index is 250. The first-order valence-electron chi connectivity index (χ1n) is 5.37. The van der Waals surface area contributed by atoms with E-state index in [0.29, 0.717) is 12.1 Å². The average molecular weight is 228 g/mol. The van der Waals surface area contributed by atoms with E-state index in [4.69, 9.17) is 0 Å². The Hall–Kier alpha value is -0.680. The Labute approximate surface area is 95.7 Å². The van der Waals surface area contributed by atoms with Crippen LogP contribution in [-0.4, -0.2) is 40.3 Å². The Morgan fingerprint density at radius 1 is 1.33 bits per heavy atom. The minimum atomic E-state index is 0.584. The molecule has 86 valence electrons. The predicted octanol–water partition coefficient (Wildman–Crippen LogP) is 2.07. The van der Waals surface area contributed by atoms with Gasteiger partial charge in [0.1, 0.15) is 5.51 Å². The molecule has 4 nitrogen and oxygen atoms in total. The van der Waals surface area contributed by atoms with Crippen LogP contribution >= 0.6 is 11.3 Å². The zero-order valence-corrected chi connectivity index (χ0v) is 10.7. The number of aromatic nitrogens is 2. The molecule has 1 aromatic heterocycles. The number of rotatable bonds is 6. The van der Waals surface area contributed by atoms with E-state index in [-0.39, 0.29) is 0 Å². The maximum absolute atomic E-state index is 3.94. The van der Waals surface area contributed by atoms with Crippen LogP contribution in [0.4, 0.5) is 5.13 Å². The molecule has 0 aromatic carbocycles. The van der Waals surface area contributed by atoms with Crippen LogP contribution in [0.1, 0.15) is 27.7 Å². The van der Waals surface area contributed by atoms with Crippen molar-refractivity contribution < 1.29 is 0 Å². The van der Waals surface area contributed by atoms with Crippen molar-refractivity contribution in [1.82, 2.24) is 15.1 Å². The van der Waals surface area contributed by atoms with Crippen molar-refractivity contribution >= 4 is 16.5 Å². The molecule has 0 aliphatic carbocycles. The standard InChI is InChI=1S/C10H20N4S/c1-8(2)14(9(3)4)6-5-11-10-13-12-7-15-10/h7-9H,5-6H2,1-4H3,(H,11,13). The minimum absolute atomic E-state index is 0.584. The summed E-state index contributed by atoms with van der Waals surface area (Å²) in [5, 5.41) is 11.9. The molecule has 0 radical (unpaired) electrons. The molecule has 0 spiro atoms. The highest BCUT2D eigenvalue weighted by Crippen LogP contribution is 2.08. The quantitative estimate of drug-likeness (QED) is 0.809. The third kappa shape index (κ3) is 4.13. The normalized spacial score (nSPS) is 11.7. The van der Waals surface area contributed by atoms with Crippen molar-refractivity contribution in [2.24, 2.45) is 0 Å². The van der Waals surface area contributed by atoms with Crippen LogP contribution in [0.15, 0.2) is 5.51 Å². The summed E-state index contributed by atoms with van der Waals surface area (Å²) in [6, 6.07) is 1.17. The van der Waals surface area contributed by atoms with Crippen LogP contribution in [0.25, 0.3) is 0 Å². The topological polar surface area (TPSA) is 41.0 Å². The molecule has 1 aromatic rings. The molecule has 0 atom stereocenters. The van der Waals surface area contributed by atoms with Crippen molar-refractivity contribution in [2.75, 3.05) is 18.4 Å². The largest absolute Gasteiger partial charge is 0.359 e. The lowest BCUT2D eigenvalue weighted by molar-refractivity contribution is 0.182. The van der Waals surface area contributed by atoms with E-state index < -0.39 is 0 Å². The van der Waals surface area contributed by atoms with Crippen LogP contribution in [0, 0.1) is 0 Å². The zero-order valence-electron chi connectivity index (χ0n) is 9.90. The van der Waals surface area contributed by atoms with Gasteiger partial charge in [-0.2, -0.15) is 0 Å². The first-order chi connectivity index (χ1) is 7.11. The zero-order chi connectivity index (χ0) is 11.3. The lowest BCUT2D eigenvalue weighted by Crippen LogP contribution is -2.40. The fourth-order valence-corrected chi connectivity index (χ4v) is 2.13. The van der Waals surface area contributed by atoms with E-state index in [0.717, 1.165) is 18.2 Å². The summed E-state index contributed by atoms with van der Waals surface area (Å²) in [5.41, 5.74) is 1.74. The van der Waals surface area contributed by atoms with Gasteiger partial charge in [0.2, 0.25) is 5.13 Å². The van der Waals surface area contributed by atoms with Gasteiger partial charge in [0.05, 0.1) is 0 Å². The third-order valence-corrected chi connectivity index (χ3v) is 2.98. The van der Waals surface area contributed by atoms with Gasteiger partial charge in [-0.3, -0.25) is 4.90 Å². The second kappa shape index (κ2) is 6.02. The van der Waals surface area contributed by atoms with Gasteiger partial charge in [-0.25, -0.2) is 0 Å². The average Bonchev–Trinajstić information content (AvgIpc) is 2.63. The van der Waals surface area contributed by atoms with Crippen molar-refractivity contribution in [2.45, 2.75) is 39.8 Å². The van der Waals surface area contributed by atoms with Gasteiger partial charge in [-0.05, 0) is 27.7 Å². The number of nitrogens with one attached hydrogen (secondary N) is 1. The van der Waals surface area contributed by atoms with Gasteiger partial charge in [0.25, 0.3) is 0 Å². The second-order valence-electron chi connectivity index (χ2n) is 4.10. The van der Waals surface area contributed by atoms with E-state index in [2.05, 4.69) is 48.1 Å². The summed E-state index contributed by atoms with van der Waals surface area (Å²) in [5.74, 6) is 0. The van der Waals surface area contributed by atoms with Gasteiger partial charge in [-0.15, -0.1) is 10.2 Å². The maximum atomic E-state index is 3.94. The summed E-state index contributed by atoms with van der Waals surface area (Å²) in [7, 11) is 0. The van der Waals surface area contributed by atoms with Crippen molar-refractivity contribution in [1.29, 1.82) is 0 Å². The van der Waals surface area contributed by atoms with Gasteiger partial charge in [0.15, 0.2) is 0 Å². The fourth-order valence-electron chi connectivity index (χ4n) is 1.65. The molecule has 0 saturated carbocycles. The predicted molar refractivity (Wildman–Crippen MR) is 65.4 cm³/mol. The number of hydrogen-bond acceptors (Lipinski definition) is 5. The van der Waals surface area contributed by atoms with Gasteiger partial charge in [0, 0.05) is 25.2 Å². The Morgan fingerprint density at radius 3 is 2.47 bits per heavy atom. The number of hydrogen-bond donors (Lipinski definition) is 1. The molecule has 0 saturated heterocycles. The molecule has 15 heavy (non-hydrogen) atoms. The van der Waals surface area contributed by atoms with E-state index in [1.807, 2.05) is 0 Å². The lowest BCUT2D eigenvalue weighted by Gasteiger charge is -2.30. The second-order valence-corrected chi connectivity index (χ2v) is 4.93. The van der Waals surface area contributed by atoms with Gasteiger partial charge in [-0.1, -0.05) is 11.3 Å². The van der Waals surface area contributed by atoms with Crippen molar-refractivity contribution in [3.63, 3.8) is 0 Å². The van der Waals surface area contributed by atoms with Crippen molar-refractivity contribution in [3.05, 3.63) is 5.51 Å². The molecule has 0 fully saturated rings. The highest BCUT2D eigenvalue weighted by Gasteiger charge is 2.12. The van der Waals surface area contributed by atoms with Crippen LogP contribution in [-0.2, 0) is 0 Å². The molecule has 0 aliphatic rings. The van der Waals surface area contributed by atoms with Gasteiger partial charge >= 0.3 is 0 Å². The minimum Gasteiger partial charge on any atom is -0.359 e. The lowest BCUT2D eigenvalue weighted by atomic mass is 10.2. The first kappa shape index (κ1) is 12.4. The molecule has 1 N–H and O–H groups in total. The Kier molecular flexibility index (Phi) is 4.98. The van der Waals surface area contributed by atoms with E-state index in [1.165, 1.54) is 11.3 Å². The first-order valence-corrected chi connectivity index (χ1v) is 6.25. The SMILES string of the molecule is CC(C)N(CCNc1nncs1)C(C)C. The van der Waals surface area contributed by atoms with E-state index in [1.54, 1.807) is 5.51 Å². The highest BCUT2D eigenvalue weighted by atomic mass is 32.1. The Morgan fingerprint density at radius 2 is 2.00 bits per heavy atom. The van der Waals surface area contributed by atoms with Crippen LogP contribution in [0.2, 0.25) is 0 Å². The van der Waals surface area contributed by atoms with E-state index in [9.17, 15) is 0 Å². The molecule has 0 aliphatic heterocycles. The van der Waals surface area contributed by atoms with E-state index >= 15 is 0 Å². The molecule has 1 rings (SSSR count). The third-order valence-electron chi connectivity index (χ3n) is 2.33. The molecule has 0 unspecified atom stereocenters. The summed E-state index contributed by atoms with van der Waals surface area (Å²) in [4.78, 5) is 2.45. The summed E-state index contributed by atoms with van der Waals surface area (Å²) in [6.45, 7) is 10.9. The Balaban J connectivity index is 2.28. The molecule has 0 bridgehead atoms. The summed E-state index contributed by atoms with van der Waals surface area (Å²) in [6.07, 6.45) is 0. The molecule has 5 heteroatoms. The smallest absolute Gasteiger partial charge is 0.205 e. The number of anilines is 1.